The molecule has 1 heterocycles. The minimum atomic E-state index is -0.321. The number of benzene rings is 1. The molecule has 6 heteroatoms. The third-order valence-corrected chi connectivity index (χ3v) is 3.27. The number of nitrogens with one attached hydrogen (secondary N) is 1. The molecule has 18 heavy (non-hydrogen) atoms. The molecule has 94 valence electrons. The highest BCUT2D eigenvalue weighted by molar-refractivity contribution is 7.09. The molecule has 0 spiro atoms. The molecular weight excluding hydrogens is 252 g/mol. The lowest BCUT2D eigenvalue weighted by Crippen LogP contribution is -2.22. The van der Waals surface area contributed by atoms with Crippen molar-refractivity contribution in [1.29, 1.82) is 0 Å². The number of hydrogen-bond acceptors (Lipinski definition) is 5. The van der Waals surface area contributed by atoms with E-state index in [1.165, 1.54) is 29.5 Å². The molecule has 1 aromatic heterocycles. The number of nitrogens with zero attached hydrogens (tertiary/aromatic N) is 1. The van der Waals surface area contributed by atoms with Crippen molar-refractivity contribution in [3.8, 4) is 11.5 Å². The Hall–Kier alpha value is -2.08. The number of hydrogen-bond donors (Lipinski definition) is 3. The first-order valence-corrected chi connectivity index (χ1v) is 6.15. The zero-order chi connectivity index (χ0) is 13.1. The number of carbonyl (C=O) groups is 1. The SMILES string of the molecule is Cc1csc(CNC(=O)c2ccc(O)c(O)c2)n1. The summed E-state index contributed by atoms with van der Waals surface area (Å²) in [6, 6.07) is 3.94. The van der Waals surface area contributed by atoms with Crippen LogP contribution in [0.3, 0.4) is 0 Å². The Bertz CT molecular complexity index is 580. The number of phenols is 2. The van der Waals surface area contributed by atoms with Crippen molar-refractivity contribution in [2.45, 2.75) is 13.5 Å². The summed E-state index contributed by atoms with van der Waals surface area (Å²) >= 11 is 1.48. The maximum Gasteiger partial charge on any atom is 0.251 e. The number of aryl methyl sites for hydroxylation is 1. The Morgan fingerprint density at radius 3 is 2.78 bits per heavy atom. The van der Waals surface area contributed by atoms with Crippen molar-refractivity contribution in [2.24, 2.45) is 0 Å². The van der Waals surface area contributed by atoms with E-state index in [4.69, 9.17) is 5.11 Å². The largest absolute Gasteiger partial charge is 0.504 e. The Balaban J connectivity index is 2.01. The summed E-state index contributed by atoms with van der Waals surface area (Å²) in [6.07, 6.45) is 0. The molecule has 0 aliphatic heterocycles. The number of aromatic nitrogens is 1. The molecule has 1 aromatic carbocycles. The second-order valence-corrected chi connectivity index (χ2v) is 4.71. The average molecular weight is 264 g/mol. The summed E-state index contributed by atoms with van der Waals surface area (Å²) in [4.78, 5) is 16.0. The Morgan fingerprint density at radius 2 is 2.17 bits per heavy atom. The van der Waals surface area contributed by atoms with E-state index in [9.17, 15) is 9.90 Å². The minimum absolute atomic E-state index is 0.248. The Kier molecular flexibility index (Phi) is 3.47. The van der Waals surface area contributed by atoms with Gasteiger partial charge in [-0.15, -0.1) is 11.3 Å². The van der Waals surface area contributed by atoms with E-state index >= 15 is 0 Å². The lowest BCUT2D eigenvalue weighted by molar-refractivity contribution is 0.0950. The summed E-state index contributed by atoms with van der Waals surface area (Å²) in [5, 5.41) is 23.9. The monoisotopic (exact) mass is 264 g/mol. The van der Waals surface area contributed by atoms with Gasteiger partial charge in [-0.2, -0.15) is 0 Å². The fraction of sp³-hybridized carbons (Fsp3) is 0.167. The van der Waals surface area contributed by atoms with Gasteiger partial charge in [-0.3, -0.25) is 4.79 Å². The molecule has 0 radical (unpaired) electrons. The van der Waals surface area contributed by atoms with Gasteiger partial charge in [-0.25, -0.2) is 4.98 Å². The summed E-state index contributed by atoms with van der Waals surface area (Å²) in [6.45, 7) is 2.23. The van der Waals surface area contributed by atoms with Crippen LogP contribution in [0.1, 0.15) is 21.1 Å². The average Bonchev–Trinajstić information content (AvgIpc) is 2.75. The molecule has 3 N–H and O–H groups in total. The Labute approximate surface area is 108 Å². The zero-order valence-electron chi connectivity index (χ0n) is 9.67. The lowest BCUT2D eigenvalue weighted by Gasteiger charge is -2.04. The second kappa shape index (κ2) is 5.05. The van der Waals surface area contributed by atoms with Crippen LogP contribution in [-0.4, -0.2) is 21.1 Å². The van der Waals surface area contributed by atoms with E-state index in [-0.39, 0.29) is 17.4 Å². The van der Waals surface area contributed by atoms with Crippen LogP contribution < -0.4 is 5.32 Å². The number of amides is 1. The fourth-order valence-electron chi connectivity index (χ4n) is 1.41. The molecule has 0 atom stereocenters. The zero-order valence-corrected chi connectivity index (χ0v) is 10.5. The van der Waals surface area contributed by atoms with Crippen molar-refractivity contribution in [2.75, 3.05) is 0 Å². The molecule has 0 saturated carbocycles. The van der Waals surface area contributed by atoms with E-state index in [0.29, 0.717) is 12.1 Å². The van der Waals surface area contributed by atoms with E-state index in [1.807, 2.05) is 12.3 Å². The standard InChI is InChI=1S/C12H12N2O3S/c1-7-6-18-11(14-7)5-13-12(17)8-2-3-9(15)10(16)4-8/h2-4,6,15-16H,5H2,1H3,(H,13,17). The van der Waals surface area contributed by atoms with Gasteiger partial charge in [0.05, 0.1) is 6.54 Å². The molecule has 0 saturated heterocycles. The van der Waals surface area contributed by atoms with Crippen molar-refractivity contribution in [1.82, 2.24) is 10.3 Å². The van der Waals surface area contributed by atoms with Gasteiger partial charge in [0, 0.05) is 16.6 Å². The van der Waals surface area contributed by atoms with Gasteiger partial charge in [0.15, 0.2) is 11.5 Å². The summed E-state index contributed by atoms with van der Waals surface area (Å²) < 4.78 is 0. The third kappa shape index (κ3) is 2.78. The first-order chi connectivity index (χ1) is 8.56. The highest BCUT2D eigenvalue weighted by atomic mass is 32.1. The van der Waals surface area contributed by atoms with Crippen LogP contribution in [0.5, 0.6) is 11.5 Å². The van der Waals surface area contributed by atoms with E-state index in [2.05, 4.69) is 10.3 Å². The molecule has 0 aliphatic rings. The van der Waals surface area contributed by atoms with Crippen LogP contribution in [-0.2, 0) is 6.54 Å². The highest BCUT2D eigenvalue weighted by Gasteiger charge is 2.09. The topological polar surface area (TPSA) is 82.5 Å². The quantitative estimate of drug-likeness (QED) is 0.738. The Morgan fingerprint density at radius 1 is 1.39 bits per heavy atom. The molecule has 5 nitrogen and oxygen atoms in total. The molecular formula is C12H12N2O3S. The smallest absolute Gasteiger partial charge is 0.251 e. The minimum Gasteiger partial charge on any atom is -0.504 e. The van der Waals surface area contributed by atoms with E-state index < -0.39 is 0 Å². The summed E-state index contributed by atoms with van der Waals surface area (Å²) in [7, 11) is 0. The number of aromatic hydroxyl groups is 2. The van der Waals surface area contributed by atoms with Crippen LogP contribution in [0.4, 0.5) is 0 Å². The molecule has 1 amide bonds. The fourth-order valence-corrected chi connectivity index (χ4v) is 2.12. The first kappa shape index (κ1) is 12.4. The van der Waals surface area contributed by atoms with Crippen LogP contribution in [0, 0.1) is 6.92 Å². The molecule has 0 fully saturated rings. The van der Waals surface area contributed by atoms with Crippen LogP contribution in [0.2, 0.25) is 0 Å². The molecule has 0 bridgehead atoms. The van der Waals surface area contributed by atoms with Crippen molar-refractivity contribution < 1.29 is 15.0 Å². The summed E-state index contributed by atoms with van der Waals surface area (Å²) in [5.41, 5.74) is 1.21. The van der Waals surface area contributed by atoms with Gasteiger partial charge in [0.2, 0.25) is 0 Å². The van der Waals surface area contributed by atoms with Crippen molar-refractivity contribution in [3.05, 3.63) is 39.8 Å². The maximum absolute atomic E-state index is 11.8. The van der Waals surface area contributed by atoms with Crippen LogP contribution in [0.15, 0.2) is 23.6 Å². The number of thiazole rings is 1. The number of phenolic OH excluding ortho intramolecular Hbond substituents is 2. The van der Waals surface area contributed by atoms with Gasteiger partial charge < -0.3 is 15.5 Å². The van der Waals surface area contributed by atoms with Gasteiger partial charge in [-0.05, 0) is 25.1 Å². The molecule has 0 aliphatic carbocycles. The van der Waals surface area contributed by atoms with E-state index in [1.54, 1.807) is 0 Å². The lowest BCUT2D eigenvalue weighted by atomic mass is 10.2. The number of rotatable bonds is 3. The maximum atomic E-state index is 11.8. The van der Waals surface area contributed by atoms with Gasteiger partial charge in [-0.1, -0.05) is 0 Å². The predicted octanol–water partition coefficient (Wildman–Crippen LogP) is 1.79. The van der Waals surface area contributed by atoms with Gasteiger partial charge in [0.1, 0.15) is 5.01 Å². The third-order valence-electron chi connectivity index (χ3n) is 2.30. The second-order valence-electron chi connectivity index (χ2n) is 3.77. The van der Waals surface area contributed by atoms with Crippen LogP contribution in [0.25, 0.3) is 0 Å². The van der Waals surface area contributed by atoms with Gasteiger partial charge in [0.25, 0.3) is 5.91 Å². The molecule has 0 unspecified atom stereocenters. The first-order valence-electron chi connectivity index (χ1n) is 5.27. The predicted molar refractivity (Wildman–Crippen MR) is 67.8 cm³/mol. The van der Waals surface area contributed by atoms with E-state index in [0.717, 1.165) is 10.7 Å². The van der Waals surface area contributed by atoms with Crippen molar-refractivity contribution >= 4 is 17.2 Å². The normalized spacial score (nSPS) is 10.3. The molecule has 2 rings (SSSR count). The molecule has 2 aromatic rings. The summed E-state index contributed by atoms with van der Waals surface area (Å²) in [5.74, 6) is -0.881. The van der Waals surface area contributed by atoms with Crippen LogP contribution >= 0.6 is 11.3 Å². The van der Waals surface area contributed by atoms with Gasteiger partial charge >= 0.3 is 0 Å². The highest BCUT2D eigenvalue weighted by Crippen LogP contribution is 2.24. The van der Waals surface area contributed by atoms with Crippen molar-refractivity contribution in [3.63, 3.8) is 0 Å². The number of carbonyl (C=O) groups excluding carboxylic acids is 1.